The molecule has 3 N–H and O–H groups in total. The van der Waals surface area contributed by atoms with Crippen molar-refractivity contribution in [2.75, 3.05) is 36.1 Å². The molecule has 1 aromatic carbocycles. The molecule has 20 heavy (non-hydrogen) atoms. The number of nitrogens with zero attached hydrogens (tertiary/aromatic N) is 1. The second-order valence-electron chi connectivity index (χ2n) is 4.12. The summed E-state index contributed by atoms with van der Waals surface area (Å²) in [7, 11) is -2.30. The molecule has 0 saturated carbocycles. The van der Waals surface area contributed by atoms with E-state index in [1.54, 1.807) is 12.1 Å². The number of aliphatic carboxylic acids is 1. The monoisotopic (exact) mass is 302 g/mol. The minimum absolute atomic E-state index is 0.173. The molecule has 7 nitrogen and oxygen atoms in total. The molecule has 0 bridgehead atoms. The molecule has 0 aliphatic rings. The standard InChI is InChI=1S/C12H18N2O5S/c1-19-7-4-8-20(17,18)14(9-12(15)16)11-6-3-2-5-10(11)13/h2-3,5-6H,4,7-9,13H2,1H3,(H,15,16). The van der Waals surface area contributed by atoms with Crippen LogP contribution in [0.4, 0.5) is 11.4 Å². The fraction of sp³-hybridized carbons (Fsp3) is 0.417. The Morgan fingerprint density at radius 2 is 2.05 bits per heavy atom. The molecule has 0 unspecified atom stereocenters. The molecule has 0 amide bonds. The Kier molecular flexibility index (Phi) is 5.78. The third kappa shape index (κ3) is 4.39. The molecule has 0 fully saturated rings. The van der Waals surface area contributed by atoms with E-state index < -0.39 is 22.5 Å². The maximum Gasteiger partial charge on any atom is 0.324 e. The van der Waals surface area contributed by atoms with Crippen molar-refractivity contribution in [3.05, 3.63) is 24.3 Å². The summed E-state index contributed by atoms with van der Waals surface area (Å²) in [4.78, 5) is 10.9. The molecule has 112 valence electrons. The second-order valence-corrected chi connectivity index (χ2v) is 6.13. The summed E-state index contributed by atoms with van der Waals surface area (Å²) in [6.45, 7) is -0.381. The molecule has 0 saturated heterocycles. The van der Waals surface area contributed by atoms with E-state index in [9.17, 15) is 13.2 Å². The topological polar surface area (TPSA) is 110 Å². The van der Waals surface area contributed by atoms with Crippen LogP contribution in [0.25, 0.3) is 0 Å². The number of benzene rings is 1. The van der Waals surface area contributed by atoms with Gasteiger partial charge in [-0.05, 0) is 18.6 Å². The van der Waals surface area contributed by atoms with Crippen molar-refractivity contribution >= 4 is 27.4 Å². The SMILES string of the molecule is COCCCS(=O)(=O)N(CC(=O)O)c1ccccc1N. The van der Waals surface area contributed by atoms with Gasteiger partial charge in [0.25, 0.3) is 0 Å². The van der Waals surface area contributed by atoms with Gasteiger partial charge in [-0.3, -0.25) is 9.10 Å². The predicted molar refractivity (Wildman–Crippen MR) is 76.1 cm³/mol. The zero-order valence-electron chi connectivity index (χ0n) is 11.2. The molecule has 0 radical (unpaired) electrons. The zero-order valence-corrected chi connectivity index (χ0v) is 12.0. The molecular weight excluding hydrogens is 284 g/mol. The van der Waals surface area contributed by atoms with Gasteiger partial charge in [0.05, 0.1) is 17.1 Å². The van der Waals surface area contributed by atoms with Gasteiger partial charge in [0.1, 0.15) is 6.54 Å². The van der Waals surface area contributed by atoms with Crippen molar-refractivity contribution in [3.63, 3.8) is 0 Å². The number of carbonyl (C=O) groups is 1. The second kappa shape index (κ2) is 7.11. The first-order valence-corrected chi connectivity index (χ1v) is 7.55. The molecule has 0 spiro atoms. The van der Waals surface area contributed by atoms with Gasteiger partial charge in [-0.25, -0.2) is 8.42 Å². The first-order chi connectivity index (χ1) is 9.38. The molecule has 0 aliphatic heterocycles. The summed E-state index contributed by atoms with van der Waals surface area (Å²) in [5.74, 6) is -1.45. The van der Waals surface area contributed by atoms with Crippen molar-refractivity contribution < 1.29 is 23.1 Å². The maximum absolute atomic E-state index is 12.2. The van der Waals surface area contributed by atoms with Gasteiger partial charge in [0, 0.05) is 13.7 Å². The summed E-state index contributed by atoms with van der Waals surface area (Å²) in [6, 6.07) is 6.25. The number of ether oxygens (including phenoxy) is 1. The lowest BCUT2D eigenvalue weighted by Crippen LogP contribution is -2.38. The van der Waals surface area contributed by atoms with Gasteiger partial charge in [-0.2, -0.15) is 0 Å². The minimum atomic E-state index is -3.77. The van der Waals surface area contributed by atoms with E-state index in [0.29, 0.717) is 0 Å². The van der Waals surface area contributed by atoms with Crippen LogP contribution in [0.5, 0.6) is 0 Å². The summed E-state index contributed by atoms with van der Waals surface area (Å²) in [5, 5.41) is 8.90. The minimum Gasteiger partial charge on any atom is -0.480 e. The van der Waals surface area contributed by atoms with Crippen LogP contribution in [0.2, 0.25) is 0 Å². The molecular formula is C12H18N2O5S. The van der Waals surface area contributed by atoms with Crippen LogP contribution in [0.3, 0.4) is 0 Å². The van der Waals surface area contributed by atoms with E-state index in [0.717, 1.165) is 4.31 Å². The number of para-hydroxylation sites is 2. The van der Waals surface area contributed by atoms with Crippen LogP contribution in [-0.2, 0) is 19.6 Å². The lowest BCUT2D eigenvalue weighted by molar-refractivity contribution is -0.135. The number of hydrogen-bond acceptors (Lipinski definition) is 5. The Bertz CT molecular complexity index is 559. The number of carboxylic acids is 1. The molecule has 8 heteroatoms. The van der Waals surface area contributed by atoms with Gasteiger partial charge in [0.15, 0.2) is 0 Å². The van der Waals surface area contributed by atoms with E-state index in [-0.39, 0.29) is 30.2 Å². The quantitative estimate of drug-likeness (QED) is 0.535. The number of nitrogens with two attached hydrogens (primary N) is 1. The number of hydrogen-bond donors (Lipinski definition) is 2. The van der Waals surface area contributed by atoms with Crippen LogP contribution in [-0.4, -0.2) is 45.5 Å². The lowest BCUT2D eigenvalue weighted by atomic mass is 10.3. The molecule has 0 heterocycles. The van der Waals surface area contributed by atoms with Crippen molar-refractivity contribution in [2.24, 2.45) is 0 Å². The van der Waals surface area contributed by atoms with E-state index in [1.807, 2.05) is 0 Å². The average Bonchev–Trinajstić information content (AvgIpc) is 2.37. The molecule has 1 aromatic rings. The Morgan fingerprint density at radius 3 is 2.60 bits per heavy atom. The van der Waals surface area contributed by atoms with E-state index in [2.05, 4.69) is 0 Å². The highest BCUT2D eigenvalue weighted by molar-refractivity contribution is 7.92. The van der Waals surface area contributed by atoms with E-state index in [1.165, 1.54) is 19.2 Å². The summed E-state index contributed by atoms with van der Waals surface area (Å²) >= 11 is 0. The van der Waals surface area contributed by atoms with Crippen LogP contribution >= 0.6 is 0 Å². The highest BCUT2D eigenvalue weighted by atomic mass is 32.2. The number of rotatable bonds is 8. The molecule has 1 rings (SSSR count). The van der Waals surface area contributed by atoms with Gasteiger partial charge in [-0.15, -0.1) is 0 Å². The van der Waals surface area contributed by atoms with Crippen LogP contribution in [0.1, 0.15) is 6.42 Å². The first-order valence-electron chi connectivity index (χ1n) is 5.94. The maximum atomic E-state index is 12.2. The predicted octanol–water partition coefficient (Wildman–Crippen LogP) is 0.526. The Morgan fingerprint density at radius 1 is 1.40 bits per heavy atom. The van der Waals surface area contributed by atoms with Crippen LogP contribution < -0.4 is 10.0 Å². The smallest absolute Gasteiger partial charge is 0.324 e. The number of nitrogen functional groups attached to an aromatic ring is 1. The lowest BCUT2D eigenvalue weighted by Gasteiger charge is -2.23. The average molecular weight is 302 g/mol. The third-order valence-electron chi connectivity index (χ3n) is 2.57. The Balaban J connectivity index is 3.06. The Hall–Kier alpha value is -1.80. The van der Waals surface area contributed by atoms with Crippen molar-refractivity contribution in [2.45, 2.75) is 6.42 Å². The summed E-state index contributed by atoms with van der Waals surface area (Å²) < 4.78 is 30.1. The van der Waals surface area contributed by atoms with Crippen LogP contribution in [0.15, 0.2) is 24.3 Å². The van der Waals surface area contributed by atoms with Gasteiger partial charge in [-0.1, -0.05) is 12.1 Å². The number of anilines is 2. The zero-order chi connectivity index (χ0) is 15.2. The van der Waals surface area contributed by atoms with Crippen LogP contribution in [0, 0.1) is 0 Å². The van der Waals surface area contributed by atoms with Gasteiger partial charge in [0.2, 0.25) is 10.0 Å². The first kappa shape index (κ1) is 16.3. The highest BCUT2D eigenvalue weighted by Gasteiger charge is 2.25. The highest BCUT2D eigenvalue weighted by Crippen LogP contribution is 2.25. The number of methoxy groups -OCH3 is 1. The van der Waals surface area contributed by atoms with Crippen molar-refractivity contribution in [1.29, 1.82) is 0 Å². The largest absolute Gasteiger partial charge is 0.480 e. The number of carboxylic acid groups (broad SMARTS) is 1. The van der Waals surface area contributed by atoms with E-state index in [4.69, 9.17) is 15.6 Å². The Labute approximate surface area is 118 Å². The van der Waals surface area contributed by atoms with E-state index >= 15 is 0 Å². The number of sulfonamides is 1. The van der Waals surface area contributed by atoms with Crippen molar-refractivity contribution in [3.8, 4) is 0 Å². The summed E-state index contributed by atoms with van der Waals surface area (Å²) in [5.41, 5.74) is 6.11. The van der Waals surface area contributed by atoms with Crippen molar-refractivity contribution in [1.82, 2.24) is 0 Å². The fourth-order valence-corrected chi connectivity index (χ4v) is 3.14. The van der Waals surface area contributed by atoms with Gasteiger partial charge < -0.3 is 15.6 Å². The third-order valence-corrected chi connectivity index (χ3v) is 4.37. The fourth-order valence-electron chi connectivity index (χ4n) is 1.67. The normalized spacial score (nSPS) is 11.2. The molecule has 0 aromatic heterocycles. The van der Waals surface area contributed by atoms with Gasteiger partial charge >= 0.3 is 5.97 Å². The molecule has 0 atom stereocenters. The summed E-state index contributed by atoms with van der Waals surface area (Å²) in [6.07, 6.45) is 0.279. The molecule has 0 aliphatic carbocycles.